The van der Waals surface area contributed by atoms with Crippen LogP contribution in [0.25, 0.3) is 0 Å². The summed E-state index contributed by atoms with van der Waals surface area (Å²) in [6.07, 6.45) is 0.416. The molecule has 0 radical (unpaired) electrons. The quantitative estimate of drug-likeness (QED) is 0.668. The summed E-state index contributed by atoms with van der Waals surface area (Å²) in [5.74, 6) is 2.63. The number of hydrogen-bond donors (Lipinski definition) is 2. The Bertz CT molecular complexity index is 768. The van der Waals surface area contributed by atoms with Gasteiger partial charge in [0, 0.05) is 22.2 Å². The zero-order valence-electron chi connectivity index (χ0n) is 11.4. The molecule has 0 aliphatic heterocycles. The highest BCUT2D eigenvalue weighted by molar-refractivity contribution is 7.96. The molecule has 0 atom stereocenters. The molecule has 0 spiro atoms. The van der Waals surface area contributed by atoms with Crippen LogP contribution in [0.5, 0.6) is 0 Å². The van der Waals surface area contributed by atoms with Crippen LogP contribution in [0.15, 0.2) is 48.5 Å². The fraction of sp³-hybridized carbons (Fsp3) is 0.125. The number of aryl methyl sites for hydroxylation is 1. The Labute approximate surface area is 124 Å². The fourth-order valence-electron chi connectivity index (χ4n) is 1.69. The lowest BCUT2D eigenvalue weighted by atomic mass is 10.2. The molecule has 5 heteroatoms. The van der Waals surface area contributed by atoms with E-state index < -0.39 is 9.84 Å². The smallest absolute Gasteiger partial charge is 0.217 e. The van der Waals surface area contributed by atoms with Gasteiger partial charge in [-0.15, -0.1) is 0 Å². The molecule has 0 aliphatic carbocycles. The first-order chi connectivity index (χ1) is 9.94. The number of nitrogen functional groups attached to an aromatic ring is 2. The number of benzene rings is 2. The van der Waals surface area contributed by atoms with Crippen LogP contribution in [0.3, 0.4) is 0 Å². The van der Waals surface area contributed by atoms with E-state index >= 15 is 0 Å². The summed E-state index contributed by atoms with van der Waals surface area (Å²) in [5, 5.41) is 2.33. The molecule has 0 fully saturated rings. The molecule has 0 heterocycles. The molecule has 108 valence electrons. The predicted octanol–water partition coefficient (Wildman–Crippen LogP) is 1.82. The third-order valence-corrected chi connectivity index (χ3v) is 4.06. The molecule has 0 bridgehead atoms. The Morgan fingerprint density at radius 3 is 1.95 bits per heavy atom. The minimum Gasteiger partial charge on any atom is -0.399 e. The van der Waals surface area contributed by atoms with Crippen LogP contribution in [-0.2, 0) is 16.3 Å². The maximum atomic E-state index is 11.9. The maximum Gasteiger partial charge on any atom is 0.217 e. The zero-order valence-corrected chi connectivity index (χ0v) is 12.2. The predicted molar refractivity (Wildman–Crippen MR) is 86.1 cm³/mol. The summed E-state index contributed by atoms with van der Waals surface area (Å²) in [7, 11) is -3.42. The Morgan fingerprint density at radius 1 is 0.857 bits per heavy atom. The zero-order chi connectivity index (χ0) is 15.3. The first-order valence-electron chi connectivity index (χ1n) is 6.40. The van der Waals surface area contributed by atoms with E-state index in [0.29, 0.717) is 23.4 Å². The first-order valence-corrected chi connectivity index (χ1v) is 8.05. The SMILES string of the molecule is Nc1ccc(C#CS(=O)(=O)CCc2ccc(N)cc2)cc1. The molecule has 4 nitrogen and oxygen atoms in total. The number of anilines is 2. The van der Waals surface area contributed by atoms with Crippen molar-refractivity contribution in [2.24, 2.45) is 0 Å². The average Bonchev–Trinajstić information content (AvgIpc) is 2.46. The summed E-state index contributed by atoms with van der Waals surface area (Å²) in [6, 6.07) is 13.9. The van der Waals surface area contributed by atoms with Gasteiger partial charge in [0.25, 0.3) is 0 Å². The molecule has 2 rings (SSSR count). The van der Waals surface area contributed by atoms with Gasteiger partial charge in [-0.3, -0.25) is 0 Å². The maximum absolute atomic E-state index is 11.9. The normalized spacial score (nSPS) is 10.7. The molecule has 0 amide bonds. The molecule has 2 aromatic rings. The van der Waals surface area contributed by atoms with Gasteiger partial charge in [0.15, 0.2) is 0 Å². The Kier molecular flexibility index (Phi) is 4.51. The van der Waals surface area contributed by atoms with Gasteiger partial charge in [0.05, 0.1) is 5.75 Å². The van der Waals surface area contributed by atoms with Gasteiger partial charge < -0.3 is 11.5 Å². The molecular weight excluding hydrogens is 284 g/mol. The van der Waals surface area contributed by atoms with Crippen molar-refractivity contribution in [1.29, 1.82) is 0 Å². The second-order valence-electron chi connectivity index (χ2n) is 4.66. The highest BCUT2D eigenvalue weighted by atomic mass is 32.2. The first kappa shape index (κ1) is 14.9. The molecular formula is C16H16N2O2S. The van der Waals surface area contributed by atoms with Crippen molar-refractivity contribution in [1.82, 2.24) is 0 Å². The van der Waals surface area contributed by atoms with Gasteiger partial charge in [-0.05, 0) is 48.4 Å². The van der Waals surface area contributed by atoms with Crippen molar-refractivity contribution in [3.05, 3.63) is 59.7 Å². The molecule has 0 saturated heterocycles. The summed E-state index contributed by atoms with van der Waals surface area (Å²) in [4.78, 5) is 0. The number of sulfone groups is 1. The van der Waals surface area contributed by atoms with E-state index in [1.807, 2.05) is 12.1 Å². The van der Waals surface area contributed by atoms with Crippen molar-refractivity contribution < 1.29 is 8.42 Å². The number of hydrogen-bond acceptors (Lipinski definition) is 4. The molecule has 0 saturated carbocycles. The molecule has 4 N–H and O–H groups in total. The monoisotopic (exact) mass is 300 g/mol. The van der Waals surface area contributed by atoms with E-state index in [2.05, 4.69) is 11.2 Å². The summed E-state index contributed by atoms with van der Waals surface area (Å²) in [6.45, 7) is 0. The van der Waals surface area contributed by atoms with E-state index in [1.54, 1.807) is 36.4 Å². The lowest BCUT2D eigenvalue weighted by molar-refractivity contribution is 0.605. The van der Waals surface area contributed by atoms with Crippen molar-refractivity contribution >= 4 is 21.2 Å². The van der Waals surface area contributed by atoms with Crippen molar-refractivity contribution in [2.75, 3.05) is 17.2 Å². The molecule has 0 aromatic heterocycles. The van der Waals surface area contributed by atoms with E-state index in [9.17, 15) is 8.42 Å². The number of nitrogens with two attached hydrogens (primary N) is 2. The number of rotatable bonds is 3. The van der Waals surface area contributed by atoms with Crippen LogP contribution in [0, 0.1) is 11.2 Å². The van der Waals surface area contributed by atoms with Crippen LogP contribution >= 0.6 is 0 Å². The minimum absolute atomic E-state index is 0.0150. The third kappa shape index (κ3) is 4.86. The molecule has 0 unspecified atom stereocenters. The highest BCUT2D eigenvalue weighted by Crippen LogP contribution is 2.08. The van der Waals surface area contributed by atoms with Gasteiger partial charge in [-0.25, -0.2) is 8.42 Å². The van der Waals surface area contributed by atoms with E-state index in [4.69, 9.17) is 11.5 Å². The summed E-state index contributed by atoms with van der Waals surface area (Å²) < 4.78 is 23.8. The van der Waals surface area contributed by atoms with Crippen LogP contribution < -0.4 is 11.5 Å². The van der Waals surface area contributed by atoms with Crippen molar-refractivity contribution in [3.8, 4) is 11.2 Å². The highest BCUT2D eigenvalue weighted by Gasteiger charge is 2.06. The van der Waals surface area contributed by atoms with Crippen LogP contribution in [0.2, 0.25) is 0 Å². The molecule has 2 aromatic carbocycles. The second-order valence-corrected chi connectivity index (χ2v) is 6.50. The Balaban J connectivity index is 2.02. The van der Waals surface area contributed by atoms with Crippen LogP contribution in [0.4, 0.5) is 11.4 Å². The van der Waals surface area contributed by atoms with E-state index in [0.717, 1.165) is 5.56 Å². The average molecular weight is 300 g/mol. The third-order valence-electron chi connectivity index (χ3n) is 2.90. The van der Waals surface area contributed by atoms with Crippen molar-refractivity contribution in [2.45, 2.75) is 6.42 Å². The van der Waals surface area contributed by atoms with Crippen LogP contribution in [0.1, 0.15) is 11.1 Å². The fourth-order valence-corrected chi connectivity index (χ4v) is 2.57. The van der Waals surface area contributed by atoms with Gasteiger partial charge in [0.2, 0.25) is 9.84 Å². The summed E-state index contributed by atoms with van der Waals surface area (Å²) in [5.41, 5.74) is 14.0. The molecule has 21 heavy (non-hydrogen) atoms. The Hall–Kier alpha value is -2.45. The van der Waals surface area contributed by atoms with E-state index in [-0.39, 0.29) is 5.75 Å². The lowest BCUT2D eigenvalue weighted by Gasteiger charge is -2.00. The van der Waals surface area contributed by atoms with Gasteiger partial charge in [0.1, 0.15) is 0 Å². The van der Waals surface area contributed by atoms with E-state index in [1.165, 1.54) is 0 Å². The van der Waals surface area contributed by atoms with Crippen molar-refractivity contribution in [3.63, 3.8) is 0 Å². The topological polar surface area (TPSA) is 86.2 Å². The van der Waals surface area contributed by atoms with Gasteiger partial charge in [-0.1, -0.05) is 18.1 Å². The Morgan fingerprint density at radius 2 is 1.38 bits per heavy atom. The summed E-state index contributed by atoms with van der Waals surface area (Å²) >= 11 is 0. The minimum atomic E-state index is -3.42. The molecule has 0 aliphatic rings. The van der Waals surface area contributed by atoms with Crippen LogP contribution in [-0.4, -0.2) is 14.2 Å². The largest absolute Gasteiger partial charge is 0.399 e. The standard InChI is InChI=1S/C16H16N2O2S/c17-15-5-1-13(2-6-15)9-11-21(19,20)12-10-14-3-7-16(18)8-4-14/h1-8H,9,11,17-18H2. The van der Waals surface area contributed by atoms with Gasteiger partial charge in [-0.2, -0.15) is 0 Å². The van der Waals surface area contributed by atoms with Gasteiger partial charge >= 0.3 is 0 Å². The lowest BCUT2D eigenvalue weighted by Crippen LogP contribution is -2.06. The second kappa shape index (κ2) is 6.33.